The number of rotatable bonds is 5. The predicted octanol–water partition coefficient (Wildman–Crippen LogP) is 3.01. The summed E-state index contributed by atoms with van der Waals surface area (Å²) < 4.78 is 5.50. The molecule has 2 aromatic rings. The molecule has 106 valence electrons. The molecular weight excluding hydrogens is 270 g/mol. The number of ether oxygens (including phenoxy) is 1. The molecule has 0 saturated carbocycles. The number of benzene rings is 1. The molecule has 0 bridgehead atoms. The van der Waals surface area contributed by atoms with Crippen molar-refractivity contribution < 1.29 is 9.84 Å². The minimum absolute atomic E-state index is 0.0391. The number of pyridine rings is 1. The molecule has 20 heavy (non-hydrogen) atoms. The van der Waals surface area contributed by atoms with Crippen LogP contribution in [-0.4, -0.2) is 34.7 Å². The van der Waals surface area contributed by atoms with Gasteiger partial charge in [-0.15, -0.1) is 0 Å². The Labute approximate surface area is 123 Å². The van der Waals surface area contributed by atoms with Gasteiger partial charge in [0.25, 0.3) is 0 Å². The lowest BCUT2D eigenvalue weighted by Crippen LogP contribution is -2.27. The first-order chi connectivity index (χ1) is 9.83. The van der Waals surface area contributed by atoms with E-state index in [1.807, 2.05) is 24.4 Å². The molecule has 1 aromatic carbocycles. The number of fused-ring (bicyclic) bond motifs is 1. The van der Waals surface area contributed by atoms with Crippen LogP contribution in [0.5, 0.6) is 0 Å². The Hall–Kier alpha value is -1.10. The van der Waals surface area contributed by atoms with Crippen molar-refractivity contribution in [2.45, 2.75) is 30.8 Å². The number of thioether (sulfide) groups is 1. The van der Waals surface area contributed by atoms with Crippen LogP contribution in [0.3, 0.4) is 0 Å². The zero-order valence-electron chi connectivity index (χ0n) is 11.4. The molecule has 4 heteroatoms. The molecule has 2 heterocycles. The third-order valence-electron chi connectivity index (χ3n) is 3.60. The van der Waals surface area contributed by atoms with Gasteiger partial charge in [-0.05, 0) is 30.5 Å². The molecule has 1 aliphatic rings. The highest BCUT2D eigenvalue weighted by Gasteiger charge is 2.23. The summed E-state index contributed by atoms with van der Waals surface area (Å²) in [5.74, 6) is 1.60. The highest BCUT2D eigenvalue weighted by Crippen LogP contribution is 2.21. The summed E-state index contributed by atoms with van der Waals surface area (Å²) >= 11 is 1.74. The summed E-state index contributed by atoms with van der Waals surface area (Å²) in [7, 11) is 0. The van der Waals surface area contributed by atoms with Crippen LogP contribution >= 0.6 is 11.8 Å². The van der Waals surface area contributed by atoms with Crippen LogP contribution < -0.4 is 0 Å². The molecule has 1 N–H and O–H groups in total. The molecule has 1 fully saturated rings. The van der Waals surface area contributed by atoms with Gasteiger partial charge in [0.05, 0.1) is 17.7 Å². The predicted molar refractivity (Wildman–Crippen MR) is 82.9 cm³/mol. The molecule has 2 atom stereocenters. The fourth-order valence-corrected chi connectivity index (χ4v) is 3.47. The largest absolute Gasteiger partial charge is 0.390 e. The van der Waals surface area contributed by atoms with Crippen LogP contribution in [0.15, 0.2) is 36.5 Å². The molecule has 0 spiro atoms. The van der Waals surface area contributed by atoms with Crippen molar-refractivity contribution in [3.8, 4) is 0 Å². The second-order valence-corrected chi connectivity index (χ2v) is 6.20. The quantitative estimate of drug-likeness (QED) is 0.919. The van der Waals surface area contributed by atoms with E-state index in [0.29, 0.717) is 0 Å². The Kier molecular flexibility index (Phi) is 4.55. The van der Waals surface area contributed by atoms with Crippen LogP contribution in [0, 0.1) is 0 Å². The summed E-state index contributed by atoms with van der Waals surface area (Å²) in [6.07, 6.45) is 3.67. The summed E-state index contributed by atoms with van der Waals surface area (Å²) in [4.78, 5) is 4.46. The maximum atomic E-state index is 10.0. The number of hydrogen-bond donors (Lipinski definition) is 1. The molecule has 3 nitrogen and oxygen atoms in total. The Morgan fingerprint density at radius 3 is 3.15 bits per heavy atom. The van der Waals surface area contributed by atoms with Crippen molar-refractivity contribution in [1.82, 2.24) is 4.98 Å². The molecular formula is C16H19NO2S. The highest BCUT2D eigenvalue weighted by molar-refractivity contribution is 7.98. The van der Waals surface area contributed by atoms with Crippen molar-refractivity contribution in [3.05, 3.63) is 42.1 Å². The second kappa shape index (κ2) is 6.57. The minimum Gasteiger partial charge on any atom is -0.390 e. The van der Waals surface area contributed by atoms with Crippen LogP contribution in [-0.2, 0) is 10.5 Å². The normalized spacial score (nSPS) is 20.4. The van der Waals surface area contributed by atoms with Gasteiger partial charge in [-0.2, -0.15) is 11.8 Å². The second-order valence-electron chi connectivity index (χ2n) is 5.17. The highest BCUT2D eigenvalue weighted by atomic mass is 32.2. The van der Waals surface area contributed by atoms with Gasteiger partial charge in [-0.1, -0.05) is 18.2 Å². The first kappa shape index (κ1) is 13.9. The van der Waals surface area contributed by atoms with Crippen LogP contribution in [0.25, 0.3) is 10.9 Å². The standard InChI is InChI=1S/C16H19NO2S/c18-15(16-6-3-7-19-16)11-20-10-12-8-13-4-1-2-5-14(13)17-9-12/h1-2,4-5,8-9,15-16,18H,3,6-7,10-11H2/t15?,16-/m1/s1. The van der Waals surface area contributed by atoms with Crippen LogP contribution in [0.4, 0.5) is 0 Å². The van der Waals surface area contributed by atoms with Crippen molar-refractivity contribution in [2.24, 2.45) is 0 Å². The molecule has 1 unspecified atom stereocenters. The SMILES string of the molecule is OC(CSCc1cnc2ccccc2c1)[C@H]1CCCO1. The smallest absolute Gasteiger partial charge is 0.0892 e. The van der Waals surface area contributed by atoms with E-state index in [4.69, 9.17) is 4.74 Å². The average Bonchev–Trinajstić information content (AvgIpc) is 3.01. The van der Waals surface area contributed by atoms with Crippen molar-refractivity contribution in [1.29, 1.82) is 0 Å². The molecule has 0 radical (unpaired) electrons. The van der Waals surface area contributed by atoms with E-state index in [-0.39, 0.29) is 12.2 Å². The lowest BCUT2D eigenvalue weighted by atomic mass is 10.1. The summed E-state index contributed by atoms with van der Waals surface area (Å²) in [6.45, 7) is 0.793. The zero-order valence-corrected chi connectivity index (χ0v) is 12.2. The third kappa shape index (κ3) is 3.32. The number of hydrogen-bond acceptors (Lipinski definition) is 4. The Morgan fingerprint density at radius 2 is 2.30 bits per heavy atom. The molecule has 0 amide bonds. The fourth-order valence-electron chi connectivity index (χ4n) is 2.51. The third-order valence-corrected chi connectivity index (χ3v) is 4.71. The molecule has 3 rings (SSSR count). The Morgan fingerprint density at radius 1 is 1.40 bits per heavy atom. The van der Waals surface area contributed by atoms with E-state index in [0.717, 1.165) is 36.5 Å². The van der Waals surface area contributed by atoms with Gasteiger partial charge in [-0.3, -0.25) is 4.98 Å². The first-order valence-corrected chi connectivity index (χ1v) is 8.19. The minimum atomic E-state index is -0.351. The van der Waals surface area contributed by atoms with E-state index in [9.17, 15) is 5.11 Å². The van der Waals surface area contributed by atoms with E-state index in [2.05, 4.69) is 17.1 Å². The van der Waals surface area contributed by atoms with Gasteiger partial charge in [0, 0.05) is 29.7 Å². The van der Waals surface area contributed by atoms with Gasteiger partial charge in [-0.25, -0.2) is 0 Å². The number of aliphatic hydroxyl groups is 1. The van der Waals surface area contributed by atoms with E-state index < -0.39 is 0 Å². The topological polar surface area (TPSA) is 42.4 Å². The van der Waals surface area contributed by atoms with Gasteiger partial charge < -0.3 is 9.84 Å². The van der Waals surface area contributed by atoms with Crippen molar-refractivity contribution in [2.75, 3.05) is 12.4 Å². The summed E-state index contributed by atoms with van der Waals surface area (Å²) in [6, 6.07) is 10.3. The summed E-state index contributed by atoms with van der Waals surface area (Å²) in [5.41, 5.74) is 2.23. The zero-order chi connectivity index (χ0) is 13.8. The first-order valence-electron chi connectivity index (χ1n) is 7.04. The fraction of sp³-hybridized carbons (Fsp3) is 0.438. The number of nitrogens with zero attached hydrogens (tertiary/aromatic N) is 1. The molecule has 1 aliphatic heterocycles. The average molecular weight is 289 g/mol. The maximum Gasteiger partial charge on any atom is 0.0892 e. The Bertz CT molecular complexity index is 569. The summed E-state index contributed by atoms with van der Waals surface area (Å²) in [5, 5.41) is 11.2. The monoisotopic (exact) mass is 289 g/mol. The number of aliphatic hydroxyl groups excluding tert-OH is 1. The van der Waals surface area contributed by atoms with Gasteiger partial charge >= 0.3 is 0 Å². The lowest BCUT2D eigenvalue weighted by molar-refractivity contribution is 0.0110. The van der Waals surface area contributed by atoms with Gasteiger partial charge in [0.15, 0.2) is 0 Å². The van der Waals surface area contributed by atoms with Crippen LogP contribution in [0.2, 0.25) is 0 Å². The van der Waals surface area contributed by atoms with E-state index in [1.165, 1.54) is 10.9 Å². The van der Waals surface area contributed by atoms with Gasteiger partial charge in [0.2, 0.25) is 0 Å². The van der Waals surface area contributed by atoms with Crippen molar-refractivity contribution in [3.63, 3.8) is 0 Å². The maximum absolute atomic E-state index is 10.0. The molecule has 1 saturated heterocycles. The van der Waals surface area contributed by atoms with E-state index >= 15 is 0 Å². The number of aromatic nitrogens is 1. The molecule has 1 aromatic heterocycles. The van der Waals surface area contributed by atoms with Crippen LogP contribution in [0.1, 0.15) is 18.4 Å². The Balaban J connectivity index is 1.54. The van der Waals surface area contributed by atoms with Gasteiger partial charge in [0.1, 0.15) is 0 Å². The van der Waals surface area contributed by atoms with E-state index in [1.54, 1.807) is 11.8 Å². The number of para-hydroxylation sites is 1. The molecule has 0 aliphatic carbocycles. The lowest BCUT2D eigenvalue weighted by Gasteiger charge is -2.16. The van der Waals surface area contributed by atoms with Crippen molar-refractivity contribution >= 4 is 22.7 Å².